The highest BCUT2D eigenvalue weighted by molar-refractivity contribution is 5.83. The average Bonchev–Trinajstić information content (AvgIpc) is 2.48. The Morgan fingerprint density at radius 2 is 2.00 bits per heavy atom. The van der Waals surface area contributed by atoms with Crippen molar-refractivity contribution in [3.05, 3.63) is 47.5 Å². The van der Waals surface area contributed by atoms with Crippen molar-refractivity contribution >= 4 is 10.8 Å². The molecule has 1 unspecified atom stereocenters. The van der Waals surface area contributed by atoms with E-state index in [4.69, 9.17) is 0 Å². The number of hydrogen-bond donors (Lipinski definition) is 2. The van der Waals surface area contributed by atoms with Gasteiger partial charge in [0.2, 0.25) is 0 Å². The molecule has 2 aromatic rings. The lowest BCUT2D eigenvalue weighted by Crippen LogP contribution is -2.43. The monoisotopic (exact) mass is 268 g/mol. The molecular weight excluding hydrogens is 244 g/mol. The number of fused-ring (bicyclic) bond motifs is 1. The van der Waals surface area contributed by atoms with E-state index in [1.807, 2.05) is 0 Å². The molecule has 20 heavy (non-hydrogen) atoms. The van der Waals surface area contributed by atoms with E-state index in [0.29, 0.717) is 6.04 Å². The summed E-state index contributed by atoms with van der Waals surface area (Å²) in [5, 5.41) is 9.81. The van der Waals surface area contributed by atoms with Crippen LogP contribution in [-0.2, 0) is 6.42 Å². The SMILES string of the molecule is Cc1ccc2cc(CCNC3CCCNC3)ccc2c1. The van der Waals surface area contributed by atoms with Crippen LogP contribution in [0.4, 0.5) is 0 Å². The number of aryl methyl sites for hydroxylation is 1. The maximum absolute atomic E-state index is 3.66. The number of hydrogen-bond acceptors (Lipinski definition) is 2. The summed E-state index contributed by atoms with van der Waals surface area (Å²) >= 11 is 0. The Morgan fingerprint density at radius 3 is 2.85 bits per heavy atom. The second-order valence-corrected chi connectivity index (χ2v) is 5.93. The Bertz CT molecular complexity index is 571. The zero-order valence-corrected chi connectivity index (χ0v) is 12.3. The lowest BCUT2D eigenvalue weighted by atomic mass is 10.0. The highest BCUT2D eigenvalue weighted by Gasteiger charge is 2.11. The average molecular weight is 268 g/mol. The van der Waals surface area contributed by atoms with E-state index >= 15 is 0 Å². The minimum atomic E-state index is 0.659. The third-order valence-electron chi connectivity index (χ3n) is 4.20. The van der Waals surface area contributed by atoms with E-state index < -0.39 is 0 Å². The topological polar surface area (TPSA) is 24.1 Å². The molecule has 1 aliphatic rings. The quantitative estimate of drug-likeness (QED) is 0.890. The fourth-order valence-corrected chi connectivity index (χ4v) is 3.02. The number of benzene rings is 2. The van der Waals surface area contributed by atoms with Crippen molar-refractivity contribution in [3.8, 4) is 0 Å². The summed E-state index contributed by atoms with van der Waals surface area (Å²) in [7, 11) is 0. The zero-order chi connectivity index (χ0) is 13.8. The lowest BCUT2D eigenvalue weighted by molar-refractivity contribution is 0.392. The smallest absolute Gasteiger partial charge is 0.0193 e. The fourth-order valence-electron chi connectivity index (χ4n) is 3.02. The maximum Gasteiger partial charge on any atom is 0.0193 e. The molecule has 3 rings (SSSR count). The molecule has 0 radical (unpaired) electrons. The van der Waals surface area contributed by atoms with Gasteiger partial charge in [0.15, 0.2) is 0 Å². The van der Waals surface area contributed by atoms with Gasteiger partial charge in [-0.15, -0.1) is 0 Å². The van der Waals surface area contributed by atoms with Crippen LogP contribution in [0.3, 0.4) is 0 Å². The first-order valence-corrected chi connectivity index (χ1v) is 7.75. The van der Waals surface area contributed by atoms with Gasteiger partial charge in [-0.1, -0.05) is 42.0 Å². The van der Waals surface area contributed by atoms with Gasteiger partial charge in [0.1, 0.15) is 0 Å². The molecule has 1 heterocycles. The van der Waals surface area contributed by atoms with Crippen molar-refractivity contribution in [2.45, 2.75) is 32.2 Å². The first kappa shape index (κ1) is 13.6. The predicted octanol–water partition coefficient (Wildman–Crippen LogP) is 3.03. The fraction of sp³-hybridized carbons (Fsp3) is 0.444. The molecule has 2 N–H and O–H groups in total. The second-order valence-electron chi connectivity index (χ2n) is 5.93. The molecule has 0 amide bonds. The Hall–Kier alpha value is -1.38. The predicted molar refractivity (Wildman–Crippen MR) is 86.3 cm³/mol. The van der Waals surface area contributed by atoms with Gasteiger partial charge in [-0.25, -0.2) is 0 Å². The lowest BCUT2D eigenvalue weighted by Gasteiger charge is -2.23. The summed E-state index contributed by atoms with van der Waals surface area (Å²) in [6, 6.07) is 14.2. The molecule has 0 aliphatic carbocycles. The van der Waals surface area contributed by atoms with E-state index in [0.717, 1.165) is 19.5 Å². The van der Waals surface area contributed by atoms with Gasteiger partial charge < -0.3 is 10.6 Å². The van der Waals surface area contributed by atoms with Crippen LogP contribution in [0.5, 0.6) is 0 Å². The van der Waals surface area contributed by atoms with Crippen LogP contribution in [0.15, 0.2) is 36.4 Å². The Kier molecular flexibility index (Phi) is 4.34. The Labute approximate surface area is 121 Å². The minimum absolute atomic E-state index is 0.659. The van der Waals surface area contributed by atoms with E-state index in [2.05, 4.69) is 54.0 Å². The third-order valence-corrected chi connectivity index (χ3v) is 4.20. The molecule has 0 saturated carbocycles. The molecule has 0 spiro atoms. The number of piperidine rings is 1. The Morgan fingerprint density at radius 1 is 1.15 bits per heavy atom. The normalized spacial score (nSPS) is 19.4. The summed E-state index contributed by atoms with van der Waals surface area (Å²) in [5.41, 5.74) is 2.76. The summed E-state index contributed by atoms with van der Waals surface area (Å²) in [5.74, 6) is 0. The summed E-state index contributed by atoms with van der Waals surface area (Å²) in [6.45, 7) is 5.53. The zero-order valence-electron chi connectivity index (χ0n) is 12.3. The molecule has 2 heteroatoms. The van der Waals surface area contributed by atoms with E-state index in [-0.39, 0.29) is 0 Å². The molecule has 1 saturated heterocycles. The van der Waals surface area contributed by atoms with Crippen molar-refractivity contribution < 1.29 is 0 Å². The summed E-state index contributed by atoms with van der Waals surface area (Å²) in [6.07, 6.45) is 3.72. The summed E-state index contributed by atoms with van der Waals surface area (Å²) < 4.78 is 0. The van der Waals surface area contributed by atoms with Crippen LogP contribution in [0.2, 0.25) is 0 Å². The van der Waals surface area contributed by atoms with Crippen LogP contribution >= 0.6 is 0 Å². The van der Waals surface area contributed by atoms with Crippen molar-refractivity contribution in [3.63, 3.8) is 0 Å². The van der Waals surface area contributed by atoms with Crippen LogP contribution in [0.25, 0.3) is 10.8 Å². The summed E-state index contributed by atoms with van der Waals surface area (Å²) in [4.78, 5) is 0. The third kappa shape index (κ3) is 3.38. The maximum atomic E-state index is 3.66. The van der Waals surface area contributed by atoms with Gasteiger partial charge in [0, 0.05) is 12.6 Å². The van der Waals surface area contributed by atoms with Gasteiger partial charge >= 0.3 is 0 Å². The highest BCUT2D eigenvalue weighted by atomic mass is 15.0. The standard InChI is InChI=1S/C18H24N2/c1-14-4-6-17-12-15(5-7-16(17)11-14)8-10-20-18-3-2-9-19-13-18/h4-7,11-12,18-20H,2-3,8-10,13H2,1H3. The highest BCUT2D eigenvalue weighted by Crippen LogP contribution is 2.18. The van der Waals surface area contributed by atoms with Crippen LogP contribution < -0.4 is 10.6 Å². The minimum Gasteiger partial charge on any atom is -0.315 e. The van der Waals surface area contributed by atoms with E-state index in [1.54, 1.807) is 0 Å². The van der Waals surface area contributed by atoms with Crippen molar-refractivity contribution in [2.24, 2.45) is 0 Å². The largest absolute Gasteiger partial charge is 0.315 e. The van der Waals surface area contributed by atoms with Crippen molar-refractivity contribution in [1.29, 1.82) is 0 Å². The second kappa shape index (κ2) is 6.38. The van der Waals surface area contributed by atoms with E-state index in [9.17, 15) is 0 Å². The molecule has 106 valence electrons. The molecule has 1 aliphatic heterocycles. The molecule has 0 aromatic heterocycles. The molecule has 2 nitrogen and oxygen atoms in total. The van der Waals surface area contributed by atoms with Crippen LogP contribution in [0.1, 0.15) is 24.0 Å². The van der Waals surface area contributed by atoms with Crippen LogP contribution in [0, 0.1) is 6.92 Å². The van der Waals surface area contributed by atoms with Crippen molar-refractivity contribution in [1.82, 2.24) is 10.6 Å². The van der Waals surface area contributed by atoms with E-state index in [1.165, 1.54) is 41.3 Å². The molecule has 1 atom stereocenters. The van der Waals surface area contributed by atoms with Gasteiger partial charge in [-0.05, 0) is 55.6 Å². The van der Waals surface area contributed by atoms with Gasteiger partial charge in [-0.2, -0.15) is 0 Å². The first-order chi connectivity index (χ1) is 9.81. The number of rotatable bonds is 4. The van der Waals surface area contributed by atoms with Crippen molar-refractivity contribution in [2.75, 3.05) is 19.6 Å². The van der Waals surface area contributed by atoms with Gasteiger partial charge in [-0.3, -0.25) is 0 Å². The Balaban J connectivity index is 1.58. The number of nitrogens with one attached hydrogen (secondary N) is 2. The molecule has 2 aromatic carbocycles. The molecule has 1 fully saturated rings. The van der Waals surface area contributed by atoms with Gasteiger partial charge in [0.05, 0.1) is 0 Å². The van der Waals surface area contributed by atoms with Gasteiger partial charge in [0.25, 0.3) is 0 Å². The first-order valence-electron chi connectivity index (χ1n) is 7.75. The van der Waals surface area contributed by atoms with Crippen LogP contribution in [-0.4, -0.2) is 25.7 Å². The molecule has 0 bridgehead atoms. The molecular formula is C18H24N2.